The lowest BCUT2D eigenvalue weighted by atomic mass is 10.2. The van der Waals surface area contributed by atoms with Crippen LogP contribution in [0.25, 0.3) is 0 Å². The maximum Gasteiger partial charge on any atom is 0.184 e. The van der Waals surface area contributed by atoms with Crippen LogP contribution >= 0.6 is 11.8 Å². The molecule has 0 saturated carbocycles. The fraction of sp³-hybridized carbons (Fsp3) is 0.375. The smallest absolute Gasteiger partial charge is 0.184 e. The summed E-state index contributed by atoms with van der Waals surface area (Å²) in [6.45, 7) is 3.90. The maximum absolute atomic E-state index is 10.9. The highest BCUT2D eigenvalue weighted by atomic mass is 32.2. The average Bonchev–Trinajstić information content (AvgIpc) is 1.85. The molecule has 0 bridgehead atoms. The van der Waals surface area contributed by atoms with E-state index in [-0.39, 0.29) is 0 Å². The van der Waals surface area contributed by atoms with Crippen LogP contribution in [0, 0.1) is 19.1 Å². The summed E-state index contributed by atoms with van der Waals surface area (Å²) >= 11 is 1.68. The third-order valence-electron chi connectivity index (χ3n) is 1.56. The Balaban J connectivity index is 3.25. The van der Waals surface area contributed by atoms with Gasteiger partial charge in [0.2, 0.25) is 0 Å². The average molecular weight is 169 g/mol. The van der Waals surface area contributed by atoms with E-state index in [2.05, 4.69) is 0 Å². The van der Waals surface area contributed by atoms with Gasteiger partial charge in [0.15, 0.2) is 12.4 Å². The van der Waals surface area contributed by atoms with E-state index >= 15 is 0 Å². The van der Waals surface area contributed by atoms with E-state index < -0.39 is 0 Å². The Bertz CT molecular complexity index is 250. The van der Waals surface area contributed by atoms with Crippen LogP contribution < -0.4 is 4.73 Å². The number of thioether (sulfide) groups is 1. The SMILES string of the molecule is CSc1c(C)c[n+]([O-])cc1C. The van der Waals surface area contributed by atoms with Gasteiger partial charge in [-0.2, -0.15) is 4.73 Å². The van der Waals surface area contributed by atoms with Crippen molar-refractivity contribution in [3.8, 4) is 0 Å². The predicted octanol–water partition coefficient (Wildman–Crippen LogP) is 1.66. The molecule has 0 atom stereocenters. The monoisotopic (exact) mass is 169 g/mol. The van der Waals surface area contributed by atoms with E-state index in [1.54, 1.807) is 24.2 Å². The molecule has 1 aromatic heterocycles. The van der Waals surface area contributed by atoms with Crippen LogP contribution in [0.2, 0.25) is 0 Å². The van der Waals surface area contributed by atoms with E-state index in [0.717, 1.165) is 15.9 Å². The van der Waals surface area contributed by atoms with Crippen molar-refractivity contribution in [2.24, 2.45) is 0 Å². The molecule has 0 amide bonds. The van der Waals surface area contributed by atoms with Crippen LogP contribution in [0.15, 0.2) is 17.3 Å². The first-order chi connectivity index (χ1) is 5.15. The van der Waals surface area contributed by atoms with Crippen molar-refractivity contribution in [1.29, 1.82) is 0 Å². The van der Waals surface area contributed by atoms with E-state index in [9.17, 15) is 5.21 Å². The van der Waals surface area contributed by atoms with Gasteiger partial charge in [-0.3, -0.25) is 0 Å². The minimum absolute atomic E-state index is 0.852. The molecule has 0 radical (unpaired) electrons. The Hall–Kier alpha value is -0.700. The molecule has 0 aliphatic rings. The van der Waals surface area contributed by atoms with Crippen molar-refractivity contribution in [3.63, 3.8) is 0 Å². The molecule has 1 rings (SSSR count). The van der Waals surface area contributed by atoms with Crippen molar-refractivity contribution in [2.45, 2.75) is 18.7 Å². The molecule has 0 aliphatic heterocycles. The van der Waals surface area contributed by atoms with Gasteiger partial charge in [-0.25, -0.2) is 0 Å². The Morgan fingerprint density at radius 2 is 1.73 bits per heavy atom. The fourth-order valence-corrected chi connectivity index (χ4v) is 1.92. The minimum atomic E-state index is 0.852. The second-order valence-electron chi connectivity index (χ2n) is 2.52. The van der Waals surface area contributed by atoms with Gasteiger partial charge >= 0.3 is 0 Å². The first kappa shape index (κ1) is 8.40. The molecule has 0 fully saturated rings. The Kier molecular flexibility index (Phi) is 2.39. The summed E-state index contributed by atoms with van der Waals surface area (Å²) in [4.78, 5) is 1.21. The molecular formula is C8H11NOS. The molecular weight excluding hydrogens is 158 g/mol. The zero-order valence-electron chi connectivity index (χ0n) is 6.92. The van der Waals surface area contributed by atoms with Gasteiger partial charge in [-0.1, -0.05) is 0 Å². The highest BCUT2D eigenvalue weighted by Crippen LogP contribution is 2.21. The number of aromatic nitrogens is 1. The normalized spacial score (nSPS) is 10.1. The lowest BCUT2D eigenvalue weighted by molar-refractivity contribution is -0.606. The number of hydrogen-bond acceptors (Lipinski definition) is 2. The molecule has 0 unspecified atom stereocenters. The summed E-state index contributed by atoms with van der Waals surface area (Å²) in [6.07, 6.45) is 5.21. The number of pyridine rings is 1. The number of nitrogens with zero attached hydrogens (tertiary/aromatic N) is 1. The Morgan fingerprint density at radius 3 is 2.09 bits per heavy atom. The molecule has 60 valence electrons. The molecule has 0 aromatic carbocycles. The Labute approximate surface area is 70.8 Å². The van der Waals surface area contributed by atoms with Gasteiger partial charge in [0.1, 0.15) is 0 Å². The number of rotatable bonds is 1. The number of aryl methyl sites for hydroxylation is 2. The third kappa shape index (κ3) is 1.66. The zero-order chi connectivity index (χ0) is 8.43. The van der Waals surface area contributed by atoms with Crippen molar-refractivity contribution < 1.29 is 4.73 Å². The van der Waals surface area contributed by atoms with Crippen LogP contribution in [0.5, 0.6) is 0 Å². The highest BCUT2D eigenvalue weighted by molar-refractivity contribution is 7.98. The summed E-state index contributed by atoms with van der Waals surface area (Å²) in [6, 6.07) is 0. The van der Waals surface area contributed by atoms with Crippen molar-refractivity contribution in [2.75, 3.05) is 6.26 Å². The lowest BCUT2D eigenvalue weighted by Crippen LogP contribution is -2.25. The minimum Gasteiger partial charge on any atom is -0.619 e. The van der Waals surface area contributed by atoms with Gasteiger partial charge in [0.25, 0.3) is 0 Å². The van der Waals surface area contributed by atoms with E-state index in [4.69, 9.17) is 0 Å². The Morgan fingerprint density at radius 1 is 1.27 bits per heavy atom. The van der Waals surface area contributed by atoms with E-state index in [0.29, 0.717) is 0 Å². The van der Waals surface area contributed by atoms with Crippen molar-refractivity contribution in [1.82, 2.24) is 0 Å². The highest BCUT2D eigenvalue weighted by Gasteiger charge is 2.05. The fourth-order valence-electron chi connectivity index (χ4n) is 1.17. The third-order valence-corrected chi connectivity index (χ3v) is 2.61. The predicted molar refractivity (Wildman–Crippen MR) is 46.7 cm³/mol. The van der Waals surface area contributed by atoms with E-state index in [1.165, 1.54) is 4.90 Å². The second-order valence-corrected chi connectivity index (χ2v) is 3.33. The van der Waals surface area contributed by atoms with Crippen molar-refractivity contribution >= 4 is 11.8 Å². The van der Waals surface area contributed by atoms with Gasteiger partial charge in [-0.15, -0.1) is 11.8 Å². The molecule has 1 heterocycles. The first-order valence-electron chi connectivity index (χ1n) is 3.39. The molecule has 0 N–H and O–H groups in total. The van der Waals surface area contributed by atoms with Crippen LogP contribution in [0.3, 0.4) is 0 Å². The van der Waals surface area contributed by atoms with Gasteiger partial charge in [-0.05, 0) is 20.1 Å². The molecule has 1 aromatic rings. The van der Waals surface area contributed by atoms with Gasteiger partial charge in [0.05, 0.1) is 0 Å². The summed E-state index contributed by atoms with van der Waals surface area (Å²) in [5, 5.41) is 10.9. The molecule has 0 spiro atoms. The molecule has 0 aliphatic carbocycles. The number of hydrogen-bond donors (Lipinski definition) is 0. The summed E-state index contributed by atoms with van der Waals surface area (Å²) in [7, 11) is 0. The van der Waals surface area contributed by atoms with Gasteiger partial charge < -0.3 is 5.21 Å². The lowest BCUT2D eigenvalue weighted by Gasteiger charge is -2.05. The topological polar surface area (TPSA) is 26.9 Å². The first-order valence-corrected chi connectivity index (χ1v) is 4.61. The molecule has 2 nitrogen and oxygen atoms in total. The standard InChI is InChI=1S/C8H11NOS/c1-6-4-9(10)5-7(2)8(6)11-3/h4-5H,1-3H3. The van der Waals surface area contributed by atoms with Crippen LogP contribution in [-0.4, -0.2) is 6.26 Å². The van der Waals surface area contributed by atoms with Gasteiger partial charge in [0, 0.05) is 16.0 Å². The summed E-state index contributed by atoms with van der Waals surface area (Å²) < 4.78 is 0.852. The van der Waals surface area contributed by atoms with E-state index in [1.807, 2.05) is 20.1 Å². The molecule has 3 heteroatoms. The summed E-state index contributed by atoms with van der Waals surface area (Å²) in [5.41, 5.74) is 2.10. The van der Waals surface area contributed by atoms with Crippen LogP contribution in [0.1, 0.15) is 11.1 Å². The van der Waals surface area contributed by atoms with Crippen LogP contribution in [0.4, 0.5) is 0 Å². The molecule has 11 heavy (non-hydrogen) atoms. The largest absolute Gasteiger partial charge is 0.619 e. The summed E-state index contributed by atoms with van der Waals surface area (Å²) in [5.74, 6) is 0. The van der Waals surface area contributed by atoms with Crippen molar-refractivity contribution in [3.05, 3.63) is 28.7 Å². The zero-order valence-corrected chi connectivity index (χ0v) is 7.73. The maximum atomic E-state index is 10.9. The quantitative estimate of drug-likeness (QED) is 0.363. The molecule has 0 saturated heterocycles. The second kappa shape index (κ2) is 3.13. The van der Waals surface area contributed by atoms with Crippen LogP contribution in [-0.2, 0) is 0 Å².